The number of para-hydroxylation sites is 1. The van der Waals surface area contributed by atoms with Crippen LogP contribution < -0.4 is 9.47 Å². The summed E-state index contributed by atoms with van der Waals surface area (Å²) in [6.07, 6.45) is 3.49. The molecule has 1 heterocycles. The third kappa shape index (κ3) is 3.11. The lowest BCUT2D eigenvalue weighted by Gasteiger charge is -2.04. The molecule has 23 heavy (non-hydrogen) atoms. The van der Waals surface area contributed by atoms with Gasteiger partial charge in [0.15, 0.2) is 0 Å². The molecule has 0 bridgehead atoms. The molecule has 4 nitrogen and oxygen atoms in total. The fourth-order valence-corrected chi connectivity index (χ4v) is 2.34. The summed E-state index contributed by atoms with van der Waals surface area (Å²) < 4.78 is 15.8. The number of hydrogen-bond acceptors (Lipinski definition) is 4. The van der Waals surface area contributed by atoms with Crippen molar-refractivity contribution in [3.05, 3.63) is 71.3 Å². The van der Waals surface area contributed by atoms with Gasteiger partial charge in [-0.05, 0) is 42.5 Å². The van der Waals surface area contributed by atoms with Crippen molar-refractivity contribution in [3.8, 4) is 11.5 Å². The van der Waals surface area contributed by atoms with E-state index in [1.54, 1.807) is 26.4 Å². The van der Waals surface area contributed by atoms with E-state index in [4.69, 9.17) is 14.2 Å². The minimum absolute atomic E-state index is 0.373. The average molecular weight is 308 g/mol. The second-order valence-corrected chi connectivity index (χ2v) is 4.97. The molecule has 0 amide bonds. The summed E-state index contributed by atoms with van der Waals surface area (Å²) in [5.74, 6) is 1.61. The number of carbonyl (C=O) groups excluding carboxylic acids is 1. The van der Waals surface area contributed by atoms with Gasteiger partial charge in [0.2, 0.25) is 0 Å². The Hall–Kier alpha value is -3.01. The second-order valence-electron chi connectivity index (χ2n) is 4.97. The molecular weight excluding hydrogens is 292 g/mol. The first-order valence-corrected chi connectivity index (χ1v) is 7.14. The first kappa shape index (κ1) is 14.9. The van der Waals surface area contributed by atoms with E-state index in [0.717, 1.165) is 16.9 Å². The van der Waals surface area contributed by atoms with Crippen molar-refractivity contribution in [2.24, 2.45) is 0 Å². The highest BCUT2D eigenvalue weighted by molar-refractivity contribution is 6.05. The quantitative estimate of drug-likeness (QED) is 0.638. The Bertz CT molecular complexity index is 785. The van der Waals surface area contributed by atoms with Crippen molar-refractivity contribution in [3.63, 3.8) is 0 Å². The number of esters is 1. The molecule has 0 radical (unpaired) electrons. The van der Waals surface area contributed by atoms with E-state index in [0.29, 0.717) is 17.1 Å². The molecule has 0 aromatic heterocycles. The van der Waals surface area contributed by atoms with Crippen molar-refractivity contribution >= 4 is 17.8 Å². The van der Waals surface area contributed by atoms with Crippen molar-refractivity contribution in [1.82, 2.24) is 0 Å². The number of benzene rings is 2. The third-order valence-corrected chi connectivity index (χ3v) is 3.55. The minimum Gasteiger partial charge on any atom is -0.497 e. The van der Waals surface area contributed by atoms with Crippen LogP contribution in [0.15, 0.2) is 60.2 Å². The maximum absolute atomic E-state index is 12.1. The fraction of sp³-hybridized carbons (Fsp3) is 0.105. The van der Waals surface area contributed by atoms with Crippen molar-refractivity contribution in [2.45, 2.75) is 0 Å². The van der Waals surface area contributed by atoms with Crippen LogP contribution in [0.5, 0.6) is 11.5 Å². The van der Waals surface area contributed by atoms with Gasteiger partial charge in [0.05, 0.1) is 19.8 Å². The number of ether oxygens (including phenoxy) is 3. The lowest BCUT2D eigenvalue weighted by atomic mass is 10.1. The normalized spacial score (nSPS) is 15.3. The van der Waals surface area contributed by atoms with Gasteiger partial charge in [-0.1, -0.05) is 18.2 Å². The lowest BCUT2D eigenvalue weighted by molar-refractivity contribution is -0.130. The van der Waals surface area contributed by atoms with Crippen LogP contribution in [0.1, 0.15) is 11.1 Å². The zero-order valence-electron chi connectivity index (χ0n) is 12.9. The van der Waals surface area contributed by atoms with E-state index in [2.05, 4.69) is 0 Å². The highest BCUT2D eigenvalue weighted by Crippen LogP contribution is 2.30. The van der Waals surface area contributed by atoms with Gasteiger partial charge in [-0.15, -0.1) is 0 Å². The average Bonchev–Trinajstić information content (AvgIpc) is 2.96. The smallest absolute Gasteiger partial charge is 0.343 e. The first-order chi connectivity index (χ1) is 11.2. The van der Waals surface area contributed by atoms with E-state index in [1.165, 1.54) is 0 Å². The van der Waals surface area contributed by atoms with E-state index in [-0.39, 0.29) is 5.97 Å². The topological polar surface area (TPSA) is 44.8 Å². The van der Waals surface area contributed by atoms with Crippen LogP contribution in [-0.2, 0) is 9.53 Å². The second kappa shape index (κ2) is 6.40. The van der Waals surface area contributed by atoms with Crippen LogP contribution in [0.25, 0.3) is 11.8 Å². The number of hydrogen-bond donors (Lipinski definition) is 0. The van der Waals surface area contributed by atoms with Gasteiger partial charge in [-0.2, -0.15) is 0 Å². The maximum atomic E-state index is 12.1. The SMILES string of the molecule is COc1ccc(C2=C/C(=C/c3ccccc3OC)C(=O)O2)cc1. The molecule has 0 N–H and O–H groups in total. The standard InChI is InChI=1S/C19H16O4/c1-21-16-9-7-13(8-10-16)18-12-15(19(20)23-18)11-14-5-3-4-6-17(14)22-2/h3-12H,1-2H3/b15-11-. The molecule has 2 aromatic rings. The Morgan fingerprint density at radius 1 is 0.957 bits per heavy atom. The van der Waals surface area contributed by atoms with Gasteiger partial charge in [-0.3, -0.25) is 0 Å². The van der Waals surface area contributed by atoms with Crippen LogP contribution in [0.2, 0.25) is 0 Å². The van der Waals surface area contributed by atoms with E-state index in [9.17, 15) is 4.79 Å². The largest absolute Gasteiger partial charge is 0.497 e. The van der Waals surface area contributed by atoms with Crippen molar-refractivity contribution in [2.75, 3.05) is 14.2 Å². The summed E-state index contributed by atoms with van der Waals surface area (Å²) in [7, 11) is 3.21. The van der Waals surface area contributed by atoms with Crippen molar-refractivity contribution in [1.29, 1.82) is 0 Å². The van der Waals surface area contributed by atoms with Crippen LogP contribution >= 0.6 is 0 Å². The van der Waals surface area contributed by atoms with E-state index in [1.807, 2.05) is 48.5 Å². The predicted octanol–water partition coefficient (Wildman–Crippen LogP) is 3.69. The van der Waals surface area contributed by atoms with Crippen LogP contribution in [-0.4, -0.2) is 20.2 Å². The Labute approximate surface area is 134 Å². The fourth-order valence-electron chi connectivity index (χ4n) is 2.34. The number of methoxy groups -OCH3 is 2. The Morgan fingerprint density at radius 2 is 1.70 bits per heavy atom. The highest BCUT2D eigenvalue weighted by atomic mass is 16.5. The molecule has 0 fully saturated rings. The van der Waals surface area contributed by atoms with Gasteiger partial charge in [-0.25, -0.2) is 4.79 Å². The van der Waals surface area contributed by atoms with Gasteiger partial charge < -0.3 is 14.2 Å². The monoisotopic (exact) mass is 308 g/mol. The summed E-state index contributed by atoms with van der Waals surface area (Å²) in [5, 5.41) is 0. The van der Waals surface area contributed by atoms with Crippen LogP contribution in [0.3, 0.4) is 0 Å². The number of cyclic esters (lactones) is 1. The van der Waals surface area contributed by atoms with E-state index < -0.39 is 0 Å². The molecule has 1 aliphatic heterocycles. The van der Waals surface area contributed by atoms with Crippen molar-refractivity contribution < 1.29 is 19.0 Å². The zero-order valence-corrected chi connectivity index (χ0v) is 12.9. The summed E-state index contributed by atoms with van der Waals surface area (Å²) in [5.41, 5.74) is 2.14. The van der Waals surface area contributed by atoms with Gasteiger partial charge in [0.1, 0.15) is 17.3 Å². The molecule has 1 aliphatic rings. The predicted molar refractivity (Wildman–Crippen MR) is 88.0 cm³/mol. The first-order valence-electron chi connectivity index (χ1n) is 7.14. The molecule has 116 valence electrons. The number of carbonyl (C=O) groups is 1. The molecule has 0 saturated carbocycles. The molecular formula is C19H16O4. The summed E-state index contributed by atoms with van der Waals surface area (Å²) in [6.45, 7) is 0. The summed E-state index contributed by atoms with van der Waals surface area (Å²) in [4.78, 5) is 12.1. The molecule has 0 atom stereocenters. The Morgan fingerprint density at radius 3 is 2.39 bits per heavy atom. The minimum atomic E-state index is -0.373. The zero-order chi connectivity index (χ0) is 16.2. The molecule has 3 rings (SSSR count). The number of rotatable bonds is 4. The molecule has 4 heteroatoms. The third-order valence-electron chi connectivity index (χ3n) is 3.55. The Kier molecular flexibility index (Phi) is 4.15. The van der Waals surface area contributed by atoms with Gasteiger partial charge >= 0.3 is 5.97 Å². The maximum Gasteiger partial charge on any atom is 0.343 e. The summed E-state index contributed by atoms with van der Waals surface area (Å²) in [6, 6.07) is 14.9. The molecule has 0 unspecified atom stereocenters. The lowest BCUT2D eigenvalue weighted by Crippen LogP contribution is -1.97. The molecule has 0 saturated heterocycles. The van der Waals surface area contributed by atoms with Crippen LogP contribution in [0.4, 0.5) is 0 Å². The molecule has 0 spiro atoms. The summed E-state index contributed by atoms with van der Waals surface area (Å²) >= 11 is 0. The Balaban J connectivity index is 1.93. The van der Waals surface area contributed by atoms with E-state index >= 15 is 0 Å². The van der Waals surface area contributed by atoms with Gasteiger partial charge in [0, 0.05) is 11.1 Å². The van der Waals surface area contributed by atoms with Crippen LogP contribution in [0, 0.1) is 0 Å². The highest BCUT2D eigenvalue weighted by Gasteiger charge is 2.22. The molecule has 0 aliphatic carbocycles. The van der Waals surface area contributed by atoms with Gasteiger partial charge in [0.25, 0.3) is 0 Å². The molecule has 2 aromatic carbocycles.